The molecule has 30 heavy (non-hydrogen) atoms. The molecule has 162 valence electrons. The van der Waals surface area contributed by atoms with E-state index in [9.17, 15) is 18.0 Å². The van der Waals surface area contributed by atoms with Crippen molar-refractivity contribution in [3.05, 3.63) is 69.2 Å². The first-order valence-corrected chi connectivity index (χ1v) is 10.2. The molecule has 1 saturated heterocycles. The highest BCUT2D eigenvalue weighted by molar-refractivity contribution is 6.35. The zero-order valence-electron chi connectivity index (χ0n) is 16.1. The summed E-state index contributed by atoms with van der Waals surface area (Å²) in [7, 11) is 0. The van der Waals surface area contributed by atoms with Crippen LogP contribution in [0.25, 0.3) is 0 Å². The van der Waals surface area contributed by atoms with Crippen LogP contribution in [0.4, 0.5) is 13.2 Å². The molecule has 3 rings (SSSR count). The van der Waals surface area contributed by atoms with E-state index in [0.29, 0.717) is 53.9 Å². The maximum atomic E-state index is 12.8. The minimum absolute atomic E-state index is 0.150. The van der Waals surface area contributed by atoms with Crippen molar-refractivity contribution in [1.29, 1.82) is 0 Å². The van der Waals surface area contributed by atoms with Crippen molar-refractivity contribution in [3.63, 3.8) is 0 Å². The Balaban J connectivity index is 1.54. The lowest BCUT2D eigenvalue weighted by Gasteiger charge is -2.35. The van der Waals surface area contributed by atoms with Gasteiger partial charge in [0, 0.05) is 53.9 Å². The second-order valence-electron chi connectivity index (χ2n) is 7.08. The van der Waals surface area contributed by atoms with E-state index in [0.717, 1.165) is 5.56 Å². The van der Waals surface area contributed by atoms with Gasteiger partial charge in [0.25, 0.3) is 5.91 Å². The lowest BCUT2D eigenvalue weighted by molar-refractivity contribution is -0.176. The molecule has 0 radical (unpaired) electrons. The number of carbonyl (C=O) groups excluding carboxylic acids is 1. The number of hydrogen-bond donors (Lipinski definition) is 0. The van der Waals surface area contributed by atoms with Crippen LogP contribution in [0.2, 0.25) is 10.0 Å². The third kappa shape index (κ3) is 6.35. The molecular formula is C21H21Cl2F3N2O2. The van der Waals surface area contributed by atoms with Crippen molar-refractivity contribution in [3.8, 4) is 0 Å². The smallest absolute Gasteiger partial charge is 0.367 e. The van der Waals surface area contributed by atoms with Gasteiger partial charge in [-0.05, 0) is 29.8 Å². The topological polar surface area (TPSA) is 32.8 Å². The second-order valence-corrected chi connectivity index (χ2v) is 7.89. The van der Waals surface area contributed by atoms with Crippen LogP contribution in [0.1, 0.15) is 21.5 Å². The average molecular weight is 461 g/mol. The number of hydrogen-bond acceptors (Lipinski definition) is 3. The van der Waals surface area contributed by atoms with Crippen molar-refractivity contribution < 1.29 is 22.7 Å². The zero-order chi connectivity index (χ0) is 21.7. The fraction of sp³-hybridized carbons (Fsp3) is 0.381. The van der Waals surface area contributed by atoms with Crippen LogP contribution >= 0.6 is 23.2 Å². The first-order chi connectivity index (χ1) is 14.2. The molecule has 0 aliphatic carbocycles. The van der Waals surface area contributed by atoms with Crippen molar-refractivity contribution in [2.24, 2.45) is 0 Å². The van der Waals surface area contributed by atoms with E-state index < -0.39 is 12.8 Å². The van der Waals surface area contributed by atoms with Gasteiger partial charge in [0.2, 0.25) is 0 Å². The van der Waals surface area contributed by atoms with E-state index in [4.69, 9.17) is 23.2 Å². The molecule has 2 aromatic carbocycles. The molecule has 0 unspecified atom stereocenters. The maximum absolute atomic E-state index is 12.8. The van der Waals surface area contributed by atoms with Crippen LogP contribution in [0.3, 0.4) is 0 Å². The third-order valence-electron chi connectivity index (χ3n) is 4.81. The Hall–Kier alpha value is -1.80. The van der Waals surface area contributed by atoms with Gasteiger partial charge in [-0.1, -0.05) is 41.4 Å². The Morgan fingerprint density at radius 1 is 1.00 bits per heavy atom. The number of halogens is 5. The molecule has 1 aliphatic rings. The Kier molecular flexibility index (Phi) is 7.63. The third-order valence-corrected chi connectivity index (χ3v) is 5.52. The lowest BCUT2D eigenvalue weighted by Crippen LogP contribution is -2.48. The largest absolute Gasteiger partial charge is 0.411 e. The van der Waals surface area contributed by atoms with Gasteiger partial charge < -0.3 is 9.64 Å². The number of ether oxygens (including phenoxy) is 1. The fourth-order valence-corrected chi connectivity index (χ4v) is 3.79. The molecule has 1 aliphatic heterocycles. The first kappa shape index (κ1) is 22.9. The minimum atomic E-state index is -4.37. The molecular weight excluding hydrogens is 440 g/mol. The van der Waals surface area contributed by atoms with Crippen LogP contribution in [0.15, 0.2) is 42.5 Å². The summed E-state index contributed by atoms with van der Waals surface area (Å²) in [6.45, 7) is 1.50. The standard InChI is InChI=1S/C21H21Cl2F3N2O2/c22-18-5-2-6-19(23)17(18)12-27-7-9-28(10-8-27)20(29)16-4-1-3-15(11-16)13-30-14-21(24,25)26/h1-6,11H,7-10,12-14H2. The number of nitrogens with zero attached hydrogens (tertiary/aromatic N) is 2. The molecule has 0 N–H and O–H groups in total. The zero-order valence-corrected chi connectivity index (χ0v) is 17.6. The summed E-state index contributed by atoms with van der Waals surface area (Å²) in [5.74, 6) is -0.150. The van der Waals surface area contributed by atoms with Crippen LogP contribution in [0.5, 0.6) is 0 Å². The number of piperazine rings is 1. The Bertz CT molecular complexity index is 865. The Morgan fingerprint density at radius 2 is 1.63 bits per heavy atom. The summed E-state index contributed by atoms with van der Waals surface area (Å²) < 4.78 is 41.3. The van der Waals surface area contributed by atoms with Gasteiger partial charge in [-0.2, -0.15) is 13.2 Å². The van der Waals surface area contributed by atoms with E-state index in [1.54, 1.807) is 47.4 Å². The SMILES string of the molecule is O=C(c1cccc(COCC(F)(F)F)c1)N1CCN(Cc2c(Cl)cccc2Cl)CC1. The van der Waals surface area contributed by atoms with Crippen molar-refractivity contribution in [2.75, 3.05) is 32.8 Å². The van der Waals surface area contributed by atoms with E-state index in [1.807, 2.05) is 0 Å². The summed E-state index contributed by atoms with van der Waals surface area (Å²) in [5, 5.41) is 1.23. The molecule has 0 saturated carbocycles. The van der Waals surface area contributed by atoms with Crippen molar-refractivity contribution in [1.82, 2.24) is 9.80 Å². The molecule has 2 aromatic rings. The quantitative estimate of drug-likeness (QED) is 0.605. The molecule has 0 aromatic heterocycles. The first-order valence-electron chi connectivity index (χ1n) is 9.41. The summed E-state index contributed by atoms with van der Waals surface area (Å²) >= 11 is 12.5. The monoisotopic (exact) mass is 460 g/mol. The molecule has 0 spiro atoms. The van der Waals surface area contributed by atoms with Gasteiger partial charge in [-0.15, -0.1) is 0 Å². The number of carbonyl (C=O) groups is 1. The van der Waals surface area contributed by atoms with E-state index >= 15 is 0 Å². The van der Waals surface area contributed by atoms with Gasteiger partial charge in [0.1, 0.15) is 6.61 Å². The maximum Gasteiger partial charge on any atom is 0.411 e. The summed E-state index contributed by atoms with van der Waals surface area (Å²) in [5.41, 5.74) is 1.83. The molecule has 0 bridgehead atoms. The summed E-state index contributed by atoms with van der Waals surface area (Å²) in [6.07, 6.45) is -4.37. The van der Waals surface area contributed by atoms with Gasteiger partial charge in [0.05, 0.1) is 6.61 Å². The summed E-state index contributed by atoms with van der Waals surface area (Å²) in [4.78, 5) is 16.7. The molecule has 1 heterocycles. The van der Waals surface area contributed by atoms with Crippen LogP contribution < -0.4 is 0 Å². The highest BCUT2D eigenvalue weighted by atomic mass is 35.5. The van der Waals surface area contributed by atoms with Gasteiger partial charge in [-0.25, -0.2) is 0 Å². The van der Waals surface area contributed by atoms with Crippen molar-refractivity contribution in [2.45, 2.75) is 19.3 Å². The van der Waals surface area contributed by atoms with Gasteiger partial charge in [-0.3, -0.25) is 9.69 Å². The van der Waals surface area contributed by atoms with Gasteiger partial charge in [0.15, 0.2) is 0 Å². The van der Waals surface area contributed by atoms with E-state index in [2.05, 4.69) is 9.64 Å². The van der Waals surface area contributed by atoms with Crippen molar-refractivity contribution >= 4 is 29.1 Å². The highest BCUT2D eigenvalue weighted by Gasteiger charge is 2.27. The van der Waals surface area contributed by atoms with Crippen LogP contribution in [-0.4, -0.2) is 54.7 Å². The van der Waals surface area contributed by atoms with Crippen LogP contribution in [-0.2, 0) is 17.9 Å². The minimum Gasteiger partial charge on any atom is -0.367 e. The normalized spacial score (nSPS) is 15.4. The van der Waals surface area contributed by atoms with E-state index in [1.165, 1.54) is 0 Å². The Morgan fingerprint density at radius 3 is 2.27 bits per heavy atom. The second kappa shape index (κ2) is 10.0. The predicted molar refractivity (Wildman–Crippen MR) is 110 cm³/mol. The predicted octanol–water partition coefficient (Wildman–Crippen LogP) is 5.03. The average Bonchev–Trinajstić information content (AvgIpc) is 2.70. The molecule has 9 heteroatoms. The Labute approximate surface area is 183 Å². The lowest BCUT2D eigenvalue weighted by atomic mass is 10.1. The highest BCUT2D eigenvalue weighted by Crippen LogP contribution is 2.26. The molecule has 4 nitrogen and oxygen atoms in total. The number of amides is 1. The van der Waals surface area contributed by atoms with Gasteiger partial charge >= 0.3 is 6.18 Å². The van der Waals surface area contributed by atoms with Crippen LogP contribution in [0, 0.1) is 0 Å². The molecule has 1 fully saturated rings. The van der Waals surface area contributed by atoms with E-state index in [-0.39, 0.29) is 12.5 Å². The fourth-order valence-electron chi connectivity index (χ4n) is 3.28. The molecule has 1 amide bonds. The molecule has 0 atom stereocenters. The number of rotatable bonds is 6. The number of alkyl halides is 3. The summed E-state index contributed by atoms with van der Waals surface area (Å²) in [6, 6.07) is 11.9. The number of benzene rings is 2.